The lowest BCUT2D eigenvalue weighted by Crippen LogP contribution is -2.05. The Kier molecular flexibility index (Phi) is 5.22. The van der Waals surface area contributed by atoms with Crippen molar-refractivity contribution in [2.75, 3.05) is 12.4 Å². The molecule has 0 spiro atoms. The van der Waals surface area contributed by atoms with E-state index in [1.54, 1.807) is 0 Å². The van der Waals surface area contributed by atoms with E-state index in [2.05, 4.69) is 0 Å². The molecule has 4 heteroatoms. The van der Waals surface area contributed by atoms with Gasteiger partial charge in [0.25, 0.3) is 0 Å². The van der Waals surface area contributed by atoms with Crippen LogP contribution < -0.4 is 0 Å². The average molecular weight is 246 g/mol. The van der Waals surface area contributed by atoms with Crippen LogP contribution in [-0.2, 0) is 0 Å². The molecule has 1 aromatic rings. The number of halogens is 2. The summed E-state index contributed by atoms with van der Waals surface area (Å²) >= 11 is 1.52. The van der Waals surface area contributed by atoms with Crippen molar-refractivity contribution in [1.82, 2.24) is 0 Å². The molecule has 0 fully saturated rings. The van der Waals surface area contributed by atoms with E-state index in [-0.39, 0.29) is 23.6 Å². The van der Waals surface area contributed by atoms with Crippen LogP contribution in [0, 0.1) is 17.6 Å². The van der Waals surface area contributed by atoms with Crippen molar-refractivity contribution in [1.29, 1.82) is 0 Å². The van der Waals surface area contributed by atoms with E-state index >= 15 is 0 Å². The molecule has 0 radical (unpaired) electrons. The molecule has 90 valence electrons. The molecule has 1 N–H and O–H groups in total. The predicted molar refractivity (Wildman–Crippen MR) is 63.5 cm³/mol. The molecular formula is C12H16F2OS. The van der Waals surface area contributed by atoms with Crippen molar-refractivity contribution in [3.8, 4) is 0 Å². The van der Waals surface area contributed by atoms with Crippen molar-refractivity contribution >= 4 is 11.8 Å². The number of aliphatic hydroxyl groups is 1. The van der Waals surface area contributed by atoms with E-state index in [1.165, 1.54) is 17.8 Å². The van der Waals surface area contributed by atoms with Gasteiger partial charge in [0, 0.05) is 17.4 Å². The number of hydrogen-bond acceptors (Lipinski definition) is 2. The lowest BCUT2D eigenvalue weighted by atomic mass is 10.1. The van der Waals surface area contributed by atoms with Crippen molar-refractivity contribution in [3.05, 3.63) is 35.4 Å². The number of benzene rings is 1. The van der Waals surface area contributed by atoms with Gasteiger partial charge in [-0.05, 0) is 36.8 Å². The second kappa shape index (κ2) is 6.21. The predicted octanol–water partition coefficient (Wildman–Crippen LogP) is 3.39. The minimum absolute atomic E-state index is 0.107. The molecule has 1 rings (SSSR count). The molecule has 0 saturated heterocycles. The maximum Gasteiger partial charge on any atom is 0.127 e. The van der Waals surface area contributed by atoms with Gasteiger partial charge in [0.1, 0.15) is 11.6 Å². The SMILES string of the molecule is CC(CO)CSC(C)c1cc(F)ccc1F. The highest BCUT2D eigenvalue weighted by atomic mass is 32.2. The zero-order valence-corrected chi connectivity index (χ0v) is 10.2. The number of aliphatic hydroxyl groups excluding tert-OH is 1. The van der Waals surface area contributed by atoms with Crippen LogP contribution in [-0.4, -0.2) is 17.5 Å². The Hall–Kier alpha value is -0.610. The van der Waals surface area contributed by atoms with Crippen LogP contribution in [0.4, 0.5) is 8.78 Å². The van der Waals surface area contributed by atoms with Gasteiger partial charge in [-0.2, -0.15) is 11.8 Å². The van der Waals surface area contributed by atoms with E-state index in [0.29, 0.717) is 5.56 Å². The molecule has 0 heterocycles. The van der Waals surface area contributed by atoms with Crippen molar-refractivity contribution in [2.45, 2.75) is 19.1 Å². The first-order valence-corrected chi connectivity index (χ1v) is 6.27. The molecule has 0 aliphatic heterocycles. The number of rotatable bonds is 5. The van der Waals surface area contributed by atoms with E-state index in [4.69, 9.17) is 5.11 Å². The Morgan fingerprint density at radius 1 is 1.31 bits per heavy atom. The highest BCUT2D eigenvalue weighted by Crippen LogP contribution is 2.31. The van der Waals surface area contributed by atoms with Gasteiger partial charge >= 0.3 is 0 Å². The van der Waals surface area contributed by atoms with Gasteiger partial charge in [0.15, 0.2) is 0 Å². The van der Waals surface area contributed by atoms with E-state index in [1.807, 2.05) is 13.8 Å². The van der Waals surface area contributed by atoms with E-state index in [0.717, 1.165) is 17.9 Å². The molecular weight excluding hydrogens is 230 g/mol. The standard InChI is InChI=1S/C12H16F2OS/c1-8(6-15)7-16-9(2)11-5-10(13)3-4-12(11)14/h3-5,8-9,15H,6-7H2,1-2H3. The Balaban J connectivity index is 2.65. The normalized spacial score (nSPS) is 14.8. The number of thioether (sulfide) groups is 1. The smallest absolute Gasteiger partial charge is 0.127 e. The molecule has 2 atom stereocenters. The summed E-state index contributed by atoms with van der Waals surface area (Å²) in [5, 5.41) is 8.76. The van der Waals surface area contributed by atoms with Crippen LogP contribution in [0.5, 0.6) is 0 Å². The van der Waals surface area contributed by atoms with Crippen LogP contribution >= 0.6 is 11.8 Å². The largest absolute Gasteiger partial charge is 0.396 e. The summed E-state index contributed by atoms with van der Waals surface area (Å²) < 4.78 is 26.4. The van der Waals surface area contributed by atoms with Crippen molar-refractivity contribution < 1.29 is 13.9 Å². The van der Waals surface area contributed by atoms with Gasteiger partial charge in [0.2, 0.25) is 0 Å². The third kappa shape index (κ3) is 3.76. The van der Waals surface area contributed by atoms with Crippen LogP contribution in [0.3, 0.4) is 0 Å². The van der Waals surface area contributed by atoms with Crippen LogP contribution in [0.2, 0.25) is 0 Å². The van der Waals surface area contributed by atoms with Crippen LogP contribution in [0.15, 0.2) is 18.2 Å². The lowest BCUT2D eigenvalue weighted by Gasteiger charge is -2.15. The molecule has 16 heavy (non-hydrogen) atoms. The summed E-state index contributed by atoms with van der Waals surface area (Å²) in [4.78, 5) is 0. The maximum absolute atomic E-state index is 13.4. The van der Waals surface area contributed by atoms with Crippen molar-refractivity contribution in [2.24, 2.45) is 5.92 Å². The van der Waals surface area contributed by atoms with Crippen LogP contribution in [0.1, 0.15) is 24.7 Å². The second-order valence-corrected chi connectivity index (χ2v) is 5.30. The summed E-state index contributed by atoms with van der Waals surface area (Å²) in [6.45, 7) is 3.87. The molecule has 0 aromatic heterocycles. The van der Waals surface area contributed by atoms with Gasteiger partial charge in [-0.3, -0.25) is 0 Å². The minimum Gasteiger partial charge on any atom is -0.396 e. The highest BCUT2D eigenvalue weighted by molar-refractivity contribution is 7.99. The molecule has 0 amide bonds. The first-order valence-electron chi connectivity index (χ1n) is 5.22. The molecule has 2 unspecified atom stereocenters. The van der Waals surface area contributed by atoms with Gasteiger partial charge in [-0.1, -0.05) is 6.92 Å². The highest BCUT2D eigenvalue weighted by Gasteiger charge is 2.13. The van der Waals surface area contributed by atoms with E-state index in [9.17, 15) is 8.78 Å². The van der Waals surface area contributed by atoms with Gasteiger partial charge in [0.05, 0.1) is 0 Å². The summed E-state index contributed by atoms with van der Waals surface area (Å²) in [5.74, 6) is 0.106. The summed E-state index contributed by atoms with van der Waals surface area (Å²) in [5.41, 5.74) is 0.384. The topological polar surface area (TPSA) is 20.2 Å². The van der Waals surface area contributed by atoms with Gasteiger partial charge < -0.3 is 5.11 Å². The Bertz CT molecular complexity index is 344. The Morgan fingerprint density at radius 3 is 2.62 bits per heavy atom. The fraction of sp³-hybridized carbons (Fsp3) is 0.500. The Morgan fingerprint density at radius 2 is 2.00 bits per heavy atom. The molecule has 0 saturated carbocycles. The van der Waals surface area contributed by atoms with Gasteiger partial charge in [-0.25, -0.2) is 8.78 Å². The maximum atomic E-state index is 13.4. The van der Waals surface area contributed by atoms with Crippen LogP contribution in [0.25, 0.3) is 0 Å². The zero-order chi connectivity index (χ0) is 12.1. The molecule has 0 bridgehead atoms. The fourth-order valence-corrected chi connectivity index (χ4v) is 2.36. The Labute approximate surface area is 98.9 Å². The molecule has 1 nitrogen and oxygen atoms in total. The van der Waals surface area contributed by atoms with Gasteiger partial charge in [-0.15, -0.1) is 0 Å². The third-order valence-corrected chi connectivity index (χ3v) is 3.85. The molecule has 1 aromatic carbocycles. The average Bonchev–Trinajstić information content (AvgIpc) is 2.28. The summed E-state index contributed by atoms with van der Waals surface area (Å²) in [7, 11) is 0. The zero-order valence-electron chi connectivity index (χ0n) is 9.41. The lowest BCUT2D eigenvalue weighted by molar-refractivity contribution is 0.250. The molecule has 0 aliphatic carbocycles. The first kappa shape index (κ1) is 13.5. The third-order valence-electron chi connectivity index (χ3n) is 2.34. The second-order valence-electron chi connectivity index (χ2n) is 3.93. The number of hydrogen-bond donors (Lipinski definition) is 1. The first-order chi connectivity index (χ1) is 7.54. The fourth-order valence-electron chi connectivity index (χ4n) is 1.28. The monoisotopic (exact) mass is 246 g/mol. The summed E-state index contributed by atoms with van der Waals surface area (Å²) in [6, 6.07) is 3.50. The minimum atomic E-state index is -0.418. The quantitative estimate of drug-likeness (QED) is 0.859. The van der Waals surface area contributed by atoms with E-state index < -0.39 is 5.82 Å². The summed E-state index contributed by atoms with van der Waals surface area (Å²) in [6.07, 6.45) is 0. The molecule has 0 aliphatic rings. The van der Waals surface area contributed by atoms with Crippen molar-refractivity contribution in [3.63, 3.8) is 0 Å².